The number of carbonyl (C=O) groups is 1. The molecule has 0 bridgehead atoms. The van der Waals surface area contributed by atoms with Crippen molar-refractivity contribution in [3.63, 3.8) is 0 Å². The zero-order chi connectivity index (χ0) is 13.4. The second-order valence-corrected chi connectivity index (χ2v) is 4.79. The summed E-state index contributed by atoms with van der Waals surface area (Å²) < 4.78 is 31.1. The van der Waals surface area contributed by atoms with Crippen molar-refractivity contribution < 1.29 is 18.3 Å². The highest BCUT2D eigenvalue weighted by Crippen LogP contribution is 2.24. The van der Waals surface area contributed by atoms with Gasteiger partial charge in [-0.15, -0.1) is 0 Å². The molecule has 0 saturated heterocycles. The molecule has 0 fully saturated rings. The number of hydrogen-bond donors (Lipinski definition) is 0. The molecule has 96 valence electrons. The van der Waals surface area contributed by atoms with Crippen molar-refractivity contribution in [2.75, 3.05) is 0 Å². The molecule has 0 aliphatic heterocycles. The Morgan fingerprint density at radius 2 is 1.88 bits per heavy atom. The highest BCUT2D eigenvalue weighted by Gasteiger charge is 2.25. The predicted octanol–water partition coefficient (Wildman–Crippen LogP) is 3.22. The van der Waals surface area contributed by atoms with Gasteiger partial charge in [-0.3, -0.25) is 0 Å². The van der Waals surface area contributed by atoms with E-state index in [1.54, 1.807) is 27.7 Å². The quantitative estimate of drug-likeness (QED) is 0.764. The molecule has 0 aliphatic carbocycles. The molecular weight excluding hydrogens is 230 g/mol. The van der Waals surface area contributed by atoms with E-state index >= 15 is 0 Å². The Labute approximate surface area is 98.6 Å². The van der Waals surface area contributed by atoms with Crippen molar-refractivity contribution in [3.05, 3.63) is 17.0 Å². The van der Waals surface area contributed by atoms with Gasteiger partial charge >= 0.3 is 6.09 Å². The Morgan fingerprint density at radius 3 is 2.24 bits per heavy atom. The van der Waals surface area contributed by atoms with Gasteiger partial charge in [0.2, 0.25) is 0 Å². The van der Waals surface area contributed by atoms with Crippen molar-refractivity contribution >= 4 is 6.09 Å². The zero-order valence-electron chi connectivity index (χ0n) is 10.5. The van der Waals surface area contributed by atoms with Gasteiger partial charge in [-0.25, -0.2) is 13.6 Å². The van der Waals surface area contributed by atoms with Crippen LogP contribution in [-0.4, -0.2) is 21.5 Å². The second kappa shape index (κ2) is 4.43. The van der Waals surface area contributed by atoms with E-state index in [2.05, 4.69) is 5.10 Å². The second-order valence-electron chi connectivity index (χ2n) is 4.79. The third-order valence-electron chi connectivity index (χ3n) is 2.23. The molecule has 0 spiro atoms. The topological polar surface area (TPSA) is 44.1 Å². The van der Waals surface area contributed by atoms with E-state index in [0.717, 1.165) is 4.68 Å². The van der Waals surface area contributed by atoms with Crippen LogP contribution in [0.3, 0.4) is 0 Å². The standard InChI is InChI=1S/C11H16F2N2O2/c1-6-7(2)15(14-8(6)9(12)13)10(16)17-11(3,4)5/h9H,1-5H3. The van der Waals surface area contributed by atoms with E-state index in [0.29, 0.717) is 11.3 Å². The smallest absolute Gasteiger partial charge is 0.435 e. The summed E-state index contributed by atoms with van der Waals surface area (Å²) >= 11 is 0. The van der Waals surface area contributed by atoms with Crippen LogP contribution < -0.4 is 0 Å². The average Bonchev–Trinajstić information content (AvgIpc) is 2.41. The summed E-state index contributed by atoms with van der Waals surface area (Å²) in [4.78, 5) is 11.7. The minimum Gasteiger partial charge on any atom is -0.442 e. The SMILES string of the molecule is Cc1c(C(F)F)nn(C(=O)OC(C)(C)C)c1C. The van der Waals surface area contributed by atoms with Crippen LogP contribution in [0.1, 0.15) is 44.1 Å². The third kappa shape index (κ3) is 3.01. The average molecular weight is 246 g/mol. The van der Waals surface area contributed by atoms with Crippen LogP contribution in [0.15, 0.2) is 0 Å². The first-order chi connectivity index (χ1) is 7.63. The van der Waals surface area contributed by atoms with Gasteiger partial charge in [-0.1, -0.05) is 0 Å². The van der Waals surface area contributed by atoms with Crippen LogP contribution in [0.25, 0.3) is 0 Å². The molecule has 6 heteroatoms. The molecule has 0 atom stereocenters. The number of carbonyl (C=O) groups excluding carboxylic acids is 1. The van der Waals surface area contributed by atoms with E-state index < -0.39 is 18.1 Å². The Bertz CT molecular complexity index is 433. The van der Waals surface area contributed by atoms with Crippen LogP contribution in [0.4, 0.5) is 13.6 Å². The molecule has 17 heavy (non-hydrogen) atoms. The van der Waals surface area contributed by atoms with Gasteiger partial charge in [0, 0.05) is 0 Å². The Hall–Kier alpha value is -1.46. The summed E-state index contributed by atoms with van der Waals surface area (Å²) in [5.74, 6) is 0. The molecule has 1 aromatic rings. The number of nitrogens with zero attached hydrogens (tertiary/aromatic N) is 2. The third-order valence-corrected chi connectivity index (χ3v) is 2.23. The lowest BCUT2D eigenvalue weighted by Gasteiger charge is -2.19. The number of aromatic nitrogens is 2. The lowest BCUT2D eigenvalue weighted by atomic mass is 10.2. The minimum absolute atomic E-state index is 0.311. The van der Waals surface area contributed by atoms with Crippen molar-refractivity contribution in [2.45, 2.75) is 46.6 Å². The van der Waals surface area contributed by atoms with Crippen LogP contribution >= 0.6 is 0 Å². The van der Waals surface area contributed by atoms with Crippen molar-refractivity contribution in [1.29, 1.82) is 0 Å². The number of ether oxygens (including phenoxy) is 1. The Kier molecular flexibility index (Phi) is 3.54. The Balaban J connectivity index is 3.08. The van der Waals surface area contributed by atoms with Crippen molar-refractivity contribution in [2.24, 2.45) is 0 Å². The summed E-state index contributed by atoms with van der Waals surface area (Å²) in [6.45, 7) is 8.16. The van der Waals surface area contributed by atoms with Crippen molar-refractivity contribution in [1.82, 2.24) is 9.78 Å². The van der Waals surface area contributed by atoms with Gasteiger partial charge in [0.05, 0.1) is 5.69 Å². The van der Waals surface area contributed by atoms with Gasteiger partial charge in [-0.05, 0) is 40.2 Å². The summed E-state index contributed by atoms with van der Waals surface area (Å²) in [7, 11) is 0. The fourth-order valence-electron chi connectivity index (χ4n) is 1.29. The van der Waals surface area contributed by atoms with Gasteiger partial charge in [0.15, 0.2) is 0 Å². The lowest BCUT2D eigenvalue weighted by molar-refractivity contribution is 0.0507. The maximum Gasteiger partial charge on any atom is 0.435 e. The lowest BCUT2D eigenvalue weighted by Crippen LogP contribution is -2.28. The van der Waals surface area contributed by atoms with E-state index in [1.807, 2.05) is 0 Å². The number of rotatable bonds is 1. The molecule has 0 N–H and O–H groups in total. The number of halogens is 2. The maximum absolute atomic E-state index is 12.6. The molecule has 0 radical (unpaired) electrons. The van der Waals surface area contributed by atoms with Crippen LogP contribution in [0.2, 0.25) is 0 Å². The molecule has 0 saturated carbocycles. The summed E-state index contributed by atoms with van der Waals surface area (Å²) in [6.07, 6.45) is -3.44. The monoisotopic (exact) mass is 246 g/mol. The van der Waals surface area contributed by atoms with Gasteiger partial charge < -0.3 is 4.74 Å². The maximum atomic E-state index is 12.6. The first kappa shape index (κ1) is 13.6. The summed E-state index contributed by atoms with van der Waals surface area (Å²) in [5, 5.41) is 3.59. The van der Waals surface area contributed by atoms with Gasteiger partial charge in [0.25, 0.3) is 6.43 Å². The van der Waals surface area contributed by atoms with Crippen LogP contribution in [-0.2, 0) is 4.74 Å². The normalized spacial score (nSPS) is 12.0. The Morgan fingerprint density at radius 1 is 1.35 bits per heavy atom. The fourth-order valence-corrected chi connectivity index (χ4v) is 1.29. The summed E-state index contributed by atoms with van der Waals surface area (Å²) in [6, 6.07) is 0. The molecular formula is C11H16F2N2O2. The molecule has 0 amide bonds. The first-order valence-electron chi connectivity index (χ1n) is 5.21. The van der Waals surface area contributed by atoms with E-state index in [9.17, 15) is 13.6 Å². The van der Waals surface area contributed by atoms with Crippen molar-refractivity contribution in [3.8, 4) is 0 Å². The molecule has 4 nitrogen and oxygen atoms in total. The highest BCUT2D eigenvalue weighted by atomic mass is 19.3. The van der Waals surface area contributed by atoms with Gasteiger partial charge in [0.1, 0.15) is 11.3 Å². The van der Waals surface area contributed by atoms with Crippen LogP contribution in [0, 0.1) is 13.8 Å². The molecule has 1 aromatic heterocycles. The summed E-state index contributed by atoms with van der Waals surface area (Å²) in [5.41, 5.74) is -0.386. The molecule has 0 aliphatic rings. The van der Waals surface area contributed by atoms with E-state index in [1.165, 1.54) is 6.92 Å². The fraction of sp³-hybridized carbons (Fsp3) is 0.636. The van der Waals surface area contributed by atoms with Gasteiger partial charge in [-0.2, -0.15) is 9.78 Å². The first-order valence-corrected chi connectivity index (χ1v) is 5.21. The number of alkyl halides is 2. The van der Waals surface area contributed by atoms with Crippen LogP contribution in [0.5, 0.6) is 0 Å². The highest BCUT2D eigenvalue weighted by molar-refractivity contribution is 5.71. The number of hydrogen-bond acceptors (Lipinski definition) is 3. The van der Waals surface area contributed by atoms with E-state index in [-0.39, 0.29) is 5.69 Å². The molecule has 0 unspecified atom stereocenters. The zero-order valence-corrected chi connectivity index (χ0v) is 10.5. The molecule has 1 heterocycles. The molecule has 1 rings (SSSR count). The molecule has 0 aromatic carbocycles. The van der Waals surface area contributed by atoms with E-state index in [4.69, 9.17) is 4.74 Å². The predicted molar refractivity (Wildman–Crippen MR) is 58.3 cm³/mol. The largest absolute Gasteiger partial charge is 0.442 e. The minimum atomic E-state index is -2.70.